The SMILES string of the molecule is Cc1ccc(C(=O)C(=O)N2CCN(S(C)(=O)=O)CC2)cc1. The molecule has 0 unspecified atom stereocenters. The molecule has 1 heterocycles. The first-order valence-electron chi connectivity index (χ1n) is 6.64. The van der Waals surface area contributed by atoms with Gasteiger partial charge in [0.15, 0.2) is 0 Å². The number of carbonyl (C=O) groups excluding carboxylic acids is 2. The Bertz CT molecular complexity index is 644. The topological polar surface area (TPSA) is 74.8 Å². The molecule has 1 aromatic carbocycles. The number of piperazine rings is 1. The van der Waals surface area contributed by atoms with Crippen LogP contribution in [-0.4, -0.2) is 61.7 Å². The van der Waals surface area contributed by atoms with Crippen molar-refractivity contribution in [3.63, 3.8) is 0 Å². The van der Waals surface area contributed by atoms with Crippen LogP contribution in [0.15, 0.2) is 24.3 Å². The summed E-state index contributed by atoms with van der Waals surface area (Å²) in [5.74, 6) is -1.13. The lowest BCUT2D eigenvalue weighted by Crippen LogP contribution is -2.51. The molecule has 21 heavy (non-hydrogen) atoms. The third-order valence-electron chi connectivity index (χ3n) is 3.50. The first-order chi connectivity index (χ1) is 9.79. The summed E-state index contributed by atoms with van der Waals surface area (Å²) >= 11 is 0. The zero-order chi connectivity index (χ0) is 15.6. The molecule has 2 rings (SSSR count). The van der Waals surface area contributed by atoms with Crippen molar-refractivity contribution in [3.8, 4) is 0 Å². The van der Waals surface area contributed by atoms with E-state index < -0.39 is 21.7 Å². The second-order valence-electron chi connectivity index (χ2n) is 5.15. The van der Waals surface area contributed by atoms with E-state index >= 15 is 0 Å². The van der Waals surface area contributed by atoms with Crippen LogP contribution in [0, 0.1) is 6.92 Å². The van der Waals surface area contributed by atoms with E-state index in [1.165, 1.54) is 9.21 Å². The van der Waals surface area contributed by atoms with Gasteiger partial charge in [-0.15, -0.1) is 0 Å². The molecule has 6 nitrogen and oxygen atoms in total. The Morgan fingerprint density at radius 3 is 2.00 bits per heavy atom. The van der Waals surface area contributed by atoms with Crippen LogP contribution in [0.25, 0.3) is 0 Å². The molecule has 0 aliphatic carbocycles. The Labute approximate surface area is 124 Å². The smallest absolute Gasteiger partial charge is 0.295 e. The number of hydrogen-bond acceptors (Lipinski definition) is 4. The van der Waals surface area contributed by atoms with Crippen molar-refractivity contribution in [1.29, 1.82) is 0 Å². The Hall–Kier alpha value is -1.73. The first kappa shape index (κ1) is 15.7. The molecular formula is C14H18N2O4S. The minimum atomic E-state index is -3.24. The molecule has 1 fully saturated rings. The Kier molecular flexibility index (Phi) is 4.43. The number of ketones is 1. The van der Waals surface area contributed by atoms with Gasteiger partial charge in [-0.2, -0.15) is 4.31 Å². The van der Waals surface area contributed by atoms with Crippen LogP contribution in [0.3, 0.4) is 0 Å². The third-order valence-corrected chi connectivity index (χ3v) is 4.81. The summed E-state index contributed by atoms with van der Waals surface area (Å²) < 4.78 is 24.1. The number of benzene rings is 1. The maximum absolute atomic E-state index is 12.1. The summed E-state index contributed by atoms with van der Waals surface area (Å²) in [6.07, 6.45) is 1.14. The second kappa shape index (κ2) is 5.95. The molecule has 0 radical (unpaired) electrons. The lowest BCUT2D eigenvalue weighted by atomic mass is 10.1. The lowest BCUT2D eigenvalue weighted by Gasteiger charge is -2.32. The van der Waals surface area contributed by atoms with Crippen LogP contribution in [0.2, 0.25) is 0 Å². The summed E-state index contributed by atoms with van der Waals surface area (Å²) in [7, 11) is -3.24. The number of sulfonamides is 1. The molecule has 1 amide bonds. The van der Waals surface area contributed by atoms with Crippen LogP contribution in [0.1, 0.15) is 15.9 Å². The Morgan fingerprint density at radius 2 is 1.52 bits per heavy atom. The van der Waals surface area contributed by atoms with Gasteiger partial charge in [-0.1, -0.05) is 29.8 Å². The van der Waals surface area contributed by atoms with Gasteiger partial charge in [-0.05, 0) is 6.92 Å². The highest BCUT2D eigenvalue weighted by Gasteiger charge is 2.29. The van der Waals surface area contributed by atoms with Crippen LogP contribution in [0.4, 0.5) is 0 Å². The van der Waals surface area contributed by atoms with Crippen molar-refractivity contribution in [1.82, 2.24) is 9.21 Å². The quantitative estimate of drug-likeness (QED) is 0.594. The van der Waals surface area contributed by atoms with Gasteiger partial charge in [0.1, 0.15) is 0 Å². The van der Waals surface area contributed by atoms with Crippen molar-refractivity contribution in [2.24, 2.45) is 0 Å². The average molecular weight is 310 g/mol. The van der Waals surface area contributed by atoms with Gasteiger partial charge >= 0.3 is 0 Å². The summed E-state index contributed by atoms with van der Waals surface area (Å²) in [5, 5.41) is 0. The maximum atomic E-state index is 12.1. The van der Waals surface area contributed by atoms with Crippen molar-refractivity contribution < 1.29 is 18.0 Å². The fourth-order valence-corrected chi connectivity index (χ4v) is 3.02. The largest absolute Gasteiger partial charge is 0.333 e. The van der Waals surface area contributed by atoms with Gasteiger partial charge in [0.25, 0.3) is 5.91 Å². The third kappa shape index (κ3) is 3.68. The zero-order valence-corrected chi connectivity index (χ0v) is 12.9. The molecule has 114 valence electrons. The van der Waals surface area contributed by atoms with E-state index in [2.05, 4.69) is 0 Å². The van der Waals surface area contributed by atoms with E-state index in [1.807, 2.05) is 6.92 Å². The molecule has 0 saturated carbocycles. The van der Waals surface area contributed by atoms with Crippen molar-refractivity contribution in [2.75, 3.05) is 32.4 Å². The van der Waals surface area contributed by atoms with Gasteiger partial charge in [-0.3, -0.25) is 9.59 Å². The minimum Gasteiger partial charge on any atom is -0.333 e. The monoisotopic (exact) mass is 310 g/mol. The number of Topliss-reactive ketones (excluding diaryl/α,β-unsaturated/α-hetero) is 1. The van der Waals surface area contributed by atoms with E-state index in [9.17, 15) is 18.0 Å². The summed E-state index contributed by atoms with van der Waals surface area (Å²) in [6, 6.07) is 6.81. The highest BCUT2D eigenvalue weighted by molar-refractivity contribution is 7.88. The van der Waals surface area contributed by atoms with E-state index in [1.54, 1.807) is 24.3 Å². The van der Waals surface area contributed by atoms with Crippen molar-refractivity contribution in [2.45, 2.75) is 6.92 Å². The fraction of sp³-hybridized carbons (Fsp3) is 0.429. The van der Waals surface area contributed by atoms with E-state index in [0.717, 1.165) is 11.8 Å². The minimum absolute atomic E-state index is 0.228. The van der Waals surface area contributed by atoms with Crippen molar-refractivity contribution in [3.05, 3.63) is 35.4 Å². The number of aryl methyl sites for hydroxylation is 1. The number of amides is 1. The number of rotatable bonds is 3. The molecule has 0 N–H and O–H groups in total. The van der Waals surface area contributed by atoms with Crippen LogP contribution < -0.4 is 0 Å². The lowest BCUT2D eigenvalue weighted by molar-refractivity contribution is -0.127. The van der Waals surface area contributed by atoms with Crippen LogP contribution in [0.5, 0.6) is 0 Å². The molecule has 7 heteroatoms. The molecule has 0 atom stereocenters. The molecule has 1 aliphatic heterocycles. The molecule has 1 saturated heterocycles. The van der Waals surface area contributed by atoms with E-state index in [4.69, 9.17) is 0 Å². The first-order valence-corrected chi connectivity index (χ1v) is 8.49. The maximum Gasteiger partial charge on any atom is 0.295 e. The number of nitrogens with zero attached hydrogens (tertiary/aromatic N) is 2. The molecule has 0 aromatic heterocycles. The fourth-order valence-electron chi connectivity index (χ4n) is 2.19. The molecule has 1 aromatic rings. The van der Waals surface area contributed by atoms with Gasteiger partial charge < -0.3 is 4.90 Å². The highest BCUT2D eigenvalue weighted by Crippen LogP contribution is 2.10. The van der Waals surface area contributed by atoms with Gasteiger partial charge in [0, 0.05) is 31.7 Å². The van der Waals surface area contributed by atoms with Gasteiger partial charge in [-0.25, -0.2) is 8.42 Å². The van der Waals surface area contributed by atoms with E-state index in [0.29, 0.717) is 5.56 Å². The Balaban J connectivity index is 2.02. The number of carbonyl (C=O) groups is 2. The predicted octanol–water partition coefficient (Wildman–Crippen LogP) is 0.282. The summed E-state index contributed by atoms with van der Waals surface area (Å²) in [6.45, 7) is 2.84. The zero-order valence-electron chi connectivity index (χ0n) is 12.1. The van der Waals surface area contributed by atoms with E-state index in [-0.39, 0.29) is 26.2 Å². The Morgan fingerprint density at radius 1 is 1.00 bits per heavy atom. The standard InChI is InChI=1S/C14H18N2O4S/c1-11-3-5-12(6-4-11)13(17)14(18)15-7-9-16(10-8-15)21(2,19)20/h3-6H,7-10H2,1-2H3. The van der Waals surface area contributed by atoms with Crippen molar-refractivity contribution >= 4 is 21.7 Å². The van der Waals surface area contributed by atoms with Crippen LogP contribution in [-0.2, 0) is 14.8 Å². The van der Waals surface area contributed by atoms with Crippen LogP contribution >= 0.6 is 0 Å². The second-order valence-corrected chi connectivity index (χ2v) is 7.13. The molecule has 0 spiro atoms. The summed E-state index contributed by atoms with van der Waals surface area (Å²) in [5.41, 5.74) is 1.37. The predicted molar refractivity (Wildman–Crippen MR) is 78.5 cm³/mol. The molecule has 0 bridgehead atoms. The van der Waals surface area contributed by atoms with Gasteiger partial charge in [0.05, 0.1) is 6.26 Å². The summed E-state index contributed by atoms with van der Waals surface area (Å²) in [4.78, 5) is 25.7. The van der Waals surface area contributed by atoms with Gasteiger partial charge in [0.2, 0.25) is 15.8 Å². The normalized spacial score (nSPS) is 16.8. The highest BCUT2D eigenvalue weighted by atomic mass is 32.2. The number of hydrogen-bond donors (Lipinski definition) is 0. The molecule has 1 aliphatic rings. The molecular weight excluding hydrogens is 292 g/mol. The average Bonchev–Trinajstić information content (AvgIpc) is 2.46.